The number of nitrogens with two attached hydrogens (primary N) is 1. The third kappa shape index (κ3) is 4.69. The number of methoxy groups -OCH3 is 2. The van der Waals surface area contributed by atoms with Gasteiger partial charge in [0.15, 0.2) is 0 Å². The van der Waals surface area contributed by atoms with Gasteiger partial charge in [-0.2, -0.15) is 0 Å². The van der Waals surface area contributed by atoms with Crippen LogP contribution >= 0.6 is 0 Å². The summed E-state index contributed by atoms with van der Waals surface area (Å²) in [4.78, 5) is 0. The second-order valence-corrected chi connectivity index (χ2v) is 6.54. The van der Waals surface area contributed by atoms with Gasteiger partial charge >= 0.3 is 0 Å². The van der Waals surface area contributed by atoms with E-state index in [9.17, 15) is 5.11 Å². The Hall–Kier alpha value is -1.26. The zero-order valence-corrected chi connectivity index (χ0v) is 13.4. The zero-order valence-electron chi connectivity index (χ0n) is 13.4. The molecule has 0 spiro atoms. The monoisotopic (exact) mass is 281 g/mol. The van der Waals surface area contributed by atoms with E-state index in [1.54, 1.807) is 28.1 Å². The van der Waals surface area contributed by atoms with E-state index in [0.29, 0.717) is 6.42 Å². The molecule has 20 heavy (non-hydrogen) atoms. The summed E-state index contributed by atoms with van der Waals surface area (Å²) in [6.45, 7) is 7.52. The summed E-state index contributed by atoms with van der Waals surface area (Å²) in [5.74, 6) is 1.44. The summed E-state index contributed by atoms with van der Waals surface area (Å²) >= 11 is 0. The standard InChI is InChI=1S/C16H27NO3/c1-15(2,18)10-14(16(3,4)17)11-7-12(19-5)9-13(8-11)20-6/h7-9,14,18H,10,17H2,1-6H3/t14-/m1/s1. The van der Waals surface area contributed by atoms with Crippen molar-refractivity contribution in [1.29, 1.82) is 0 Å². The highest BCUT2D eigenvalue weighted by molar-refractivity contribution is 5.41. The fraction of sp³-hybridized carbons (Fsp3) is 0.625. The molecule has 114 valence electrons. The van der Waals surface area contributed by atoms with Crippen LogP contribution in [0.1, 0.15) is 45.6 Å². The molecule has 1 aromatic rings. The van der Waals surface area contributed by atoms with Crippen LogP contribution < -0.4 is 15.2 Å². The van der Waals surface area contributed by atoms with Crippen molar-refractivity contribution < 1.29 is 14.6 Å². The molecular weight excluding hydrogens is 254 g/mol. The molecule has 0 bridgehead atoms. The van der Waals surface area contributed by atoms with Crippen LogP contribution in [0.2, 0.25) is 0 Å². The molecule has 3 N–H and O–H groups in total. The molecule has 0 aliphatic rings. The Kier molecular flexibility index (Phi) is 5.05. The Balaban J connectivity index is 3.26. The summed E-state index contributed by atoms with van der Waals surface area (Å²) in [6, 6.07) is 5.73. The van der Waals surface area contributed by atoms with E-state index >= 15 is 0 Å². The molecule has 0 unspecified atom stereocenters. The first-order valence-electron chi connectivity index (χ1n) is 6.81. The molecule has 4 heteroatoms. The van der Waals surface area contributed by atoms with Crippen LogP contribution in [0.15, 0.2) is 18.2 Å². The van der Waals surface area contributed by atoms with Crippen molar-refractivity contribution in [2.45, 2.75) is 51.2 Å². The minimum absolute atomic E-state index is 0.00787. The Morgan fingerprint density at radius 3 is 1.80 bits per heavy atom. The van der Waals surface area contributed by atoms with Crippen molar-refractivity contribution >= 4 is 0 Å². The van der Waals surface area contributed by atoms with Gasteiger partial charge in [0, 0.05) is 17.5 Å². The highest BCUT2D eigenvalue weighted by Gasteiger charge is 2.32. The van der Waals surface area contributed by atoms with E-state index in [1.807, 2.05) is 32.0 Å². The first kappa shape index (κ1) is 16.8. The molecule has 0 fully saturated rings. The average molecular weight is 281 g/mol. The minimum atomic E-state index is -0.794. The summed E-state index contributed by atoms with van der Waals surface area (Å²) in [6.07, 6.45) is 0.562. The minimum Gasteiger partial charge on any atom is -0.497 e. The lowest BCUT2D eigenvalue weighted by Crippen LogP contribution is -2.42. The SMILES string of the molecule is COc1cc(OC)cc([C@@H](CC(C)(C)O)C(C)(C)N)c1. The van der Waals surface area contributed by atoms with Crippen LogP contribution in [0, 0.1) is 0 Å². The molecule has 0 heterocycles. The van der Waals surface area contributed by atoms with Crippen LogP contribution in [-0.2, 0) is 0 Å². The molecule has 1 aromatic carbocycles. The van der Waals surface area contributed by atoms with Crippen LogP contribution in [0.5, 0.6) is 11.5 Å². The van der Waals surface area contributed by atoms with Gasteiger partial charge in [-0.05, 0) is 51.8 Å². The van der Waals surface area contributed by atoms with E-state index in [2.05, 4.69) is 0 Å². The van der Waals surface area contributed by atoms with Gasteiger partial charge in [0.05, 0.1) is 19.8 Å². The predicted molar refractivity (Wildman–Crippen MR) is 81.5 cm³/mol. The van der Waals surface area contributed by atoms with Gasteiger partial charge in [-0.25, -0.2) is 0 Å². The van der Waals surface area contributed by atoms with Crippen LogP contribution in [-0.4, -0.2) is 30.5 Å². The number of benzene rings is 1. The fourth-order valence-electron chi connectivity index (χ4n) is 2.34. The molecule has 0 amide bonds. The van der Waals surface area contributed by atoms with Crippen molar-refractivity contribution in [3.63, 3.8) is 0 Å². The third-order valence-corrected chi connectivity index (χ3v) is 3.38. The highest BCUT2D eigenvalue weighted by atomic mass is 16.5. The normalized spacial score (nSPS) is 14.0. The van der Waals surface area contributed by atoms with E-state index in [0.717, 1.165) is 17.1 Å². The van der Waals surface area contributed by atoms with Gasteiger partial charge in [-0.1, -0.05) is 0 Å². The van der Waals surface area contributed by atoms with Crippen molar-refractivity contribution in [2.24, 2.45) is 5.73 Å². The third-order valence-electron chi connectivity index (χ3n) is 3.38. The van der Waals surface area contributed by atoms with E-state index < -0.39 is 11.1 Å². The zero-order chi connectivity index (χ0) is 15.6. The lowest BCUT2D eigenvalue weighted by Gasteiger charge is -2.35. The second-order valence-electron chi connectivity index (χ2n) is 6.54. The Labute approximate surface area is 121 Å². The largest absolute Gasteiger partial charge is 0.497 e. The Bertz CT molecular complexity index is 422. The summed E-state index contributed by atoms with van der Waals surface area (Å²) in [7, 11) is 3.24. The Morgan fingerprint density at radius 2 is 1.50 bits per heavy atom. The van der Waals surface area contributed by atoms with Gasteiger partial charge in [-0.15, -0.1) is 0 Å². The predicted octanol–water partition coefficient (Wildman–Crippen LogP) is 2.69. The smallest absolute Gasteiger partial charge is 0.122 e. The van der Waals surface area contributed by atoms with Crippen LogP contribution in [0.25, 0.3) is 0 Å². The lowest BCUT2D eigenvalue weighted by molar-refractivity contribution is 0.0547. The van der Waals surface area contributed by atoms with E-state index in [1.165, 1.54) is 0 Å². The highest BCUT2D eigenvalue weighted by Crippen LogP contribution is 2.37. The topological polar surface area (TPSA) is 64.7 Å². The Morgan fingerprint density at radius 1 is 1.05 bits per heavy atom. The van der Waals surface area contributed by atoms with Gasteiger partial charge in [0.1, 0.15) is 11.5 Å². The first-order valence-corrected chi connectivity index (χ1v) is 6.81. The molecule has 4 nitrogen and oxygen atoms in total. The molecule has 0 aromatic heterocycles. The molecule has 1 atom stereocenters. The van der Waals surface area contributed by atoms with Crippen molar-refractivity contribution in [3.8, 4) is 11.5 Å². The fourth-order valence-corrected chi connectivity index (χ4v) is 2.34. The lowest BCUT2D eigenvalue weighted by atomic mass is 9.76. The van der Waals surface area contributed by atoms with Gasteiger partial charge < -0.3 is 20.3 Å². The maximum atomic E-state index is 10.1. The van der Waals surface area contributed by atoms with Crippen molar-refractivity contribution in [1.82, 2.24) is 0 Å². The number of ether oxygens (including phenoxy) is 2. The summed E-state index contributed by atoms with van der Waals surface area (Å²) in [5.41, 5.74) is 6.06. The summed E-state index contributed by atoms with van der Waals surface area (Å²) < 4.78 is 10.6. The molecule has 0 aliphatic carbocycles. The average Bonchev–Trinajstić information content (AvgIpc) is 2.33. The molecular formula is C16H27NO3. The second kappa shape index (κ2) is 6.02. The van der Waals surface area contributed by atoms with Crippen LogP contribution in [0.4, 0.5) is 0 Å². The maximum absolute atomic E-state index is 10.1. The number of aliphatic hydroxyl groups is 1. The quantitative estimate of drug-likeness (QED) is 0.841. The molecule has 0 radical (unpaired) electrons. The van der Waals surface area contributed by atoms with Gasteiger partial charge in [-0.3, -0.25) is 0 Å². The van der Waals surface area contributed by atoms with Crippen LogP contribution in [0.3, 0.4) is 0 Å². The number of hydrogen-bond acceptors (Lipinski definition) is 4. The van der Waals surface area contributed by atoms with E-state index in [-0.39, 0.29) is 5.92 Å². The molecule has 0 aliphatic heterocycles. The van der Waals surface area contributed by atoms with Gasteiger partial charge in [0.2, 0.25) is 0 Å². The first-order chi connectivity index (χ1) is 9.06. The molecule has 0 saturated heterocycles. The van der Waals surface area contributed by atoms with Crippen molar-refractivity contribution in [2.75, 3.05) is 14.2 Å². The van der Waals surface area contributed by atoms with Crippen molar-refractivity contribution in [3.05, 3.63) is 23.8 Å². The van der Waals surface area contributed by atoms with E-state index in [4.69, 9.17) is 15.2 Å². The number of hydrogen-bond donors (Lipinski definition) is 2. The van der Waals surface area contributed by atoms with Gasteiger partial charge in [0.25, 0.3) is 0 Å². The number of rotatable bonds is 6. The summed E-state index contributed by atoms with van der Waals surface area (Å²) in [5, 5.41) is 10.1. The molecule has 0 saturated carbocycles. The maximum Gasteiger partial charge on any atom is 0.122 e. The molecule has 1 rings (SSSR count).